The first-order valence-corrected chi connectivity index (χ1v) is 8.79. The minimum absolute atomic E-state index is 0.00131. The summed E-state index contributed by atoms with van der Waals surface area (Å²) < 4.78 is 15.9. The van der Waals surface area contributed by atoms with Gasteiger partial charge < -0.3 is 19.5 Å². The van der Waals surface area contributed by atoms with Crippen LogP contribution in [-0.4, -0.2) is 36.9 Å². The van der Waals surface area contributed by atoms with Crippen LogP contribution in [0.25, 0.3) is 0 Å². The number of aryl methyl sites for hydroxylation is 1. The molecular weight excluding hydrogens is 334 g/mol. The Labute approximate surface area is 156 Å². The van der Waals surface area contributed by atoms with Crippen LogP contribution in [0.15, 0.2) is 18.2 Å². The normalized spacial score (nSPS) is 14.8. The maximum Gasteiger partial charge on any atom is 0.408 e. The number of benzene rings is 1. The van der Waals surface area contributed by atoms with E-state index in [1.54, 1.807) is 34.8 Å². The van der Waals surface area contributed by atoms with E-state index in [0.29, 0.717) is 0 Å². The third-order valence-corrected chi connectivity index (χ3v) is 4.06. The van der Waals surface area contributed by atoms with Crippen LogP contribution >= 0.6 is 0 Å². The molecular formula is C20H31NO5. The highest BCUT2D eigenvalue weighted by Gasteiger charge is 2.26. The van der Waals surface area contributed by atoms with E-state index in [9.17, 15) is 9.59 Å². The highest BCUT2D eigenvalue weighted by molar-refractivity contribution is 5.81. The molecule has 0 aromatic heterocycles. The van der Waals surface area contributed by atoms with Crippen molar-refractivity contribution in [2.45, 2.75) is 72.1 Å². The van der Waals surface area contributed by atoms with Crippen molar-refractivity contribution in [3.63, 3.8) is 0 Å². The number of carbonyl (C=O) groups is 2. The summed E-state index contributed by atoms with van der Waals surface area (Å²) in [5.74, 6) is 0.290. The van der Waals surface area contributed by atoms with Gasteiger partial charge in [-0.15, -0.1) is 0 Å². The Morgan fingerprint density at radius 1 is 1.12 bits per heavy atom. The second-order valence-corrected chi connectivity index (χ2v) is 7.52. The van der Waals surface area contributed by atoms with Crippen LogP contribution in [-0.2, 0) is 14.3 Å². The van der Waals surface area contributed by atoms with Crippen LogP contribution in [0.3, 0.4) is 0 Å². The molecule has 0 unspecified atom stereocenters. The average Bonchev–Trinajstić information content (AvgIpc) is 2.51. The molecule has 1 aromatic carbocycles. The SMILES string of the molecule is COc1ccc([C@H](C)[C@H](C)OC(=O)[C@H](C)NC(=O)OC(C)(C)C)c(C)c1. The number of nitrogens with one attached hydrogen (secondary N) is 1. The number of esters is 1. The van der Waals surface area contributed by atoms with E-state index in [-0.39, 0.29) is 12.0 Å². The van der Waals surface area contributed by atoms with E-state index in [1.165, 1.54) is 0 Å². The van der Waals surface area contributed by atoms with Crippen molar-refractivity contribution in [3.05, 3.63) is 29.3 Å². The molecule has 6 nitrogen and oxygen atoms in total. The first-order chi connectivity index (χ1) is 11.9. The molecule has 26 heavy (non-hydrogen) atoms. The zero-order chi connectivity index (χ0) is 20.1. The summed E-state index contributed by atoms with van der Waals surface area (Å²) in [5, 5.41) is 2.49. The predicted octanol–water partition coefficient (Wildman–Crippen LogP) is 3.95. The van der Waals surface area contributed by atoms with Crippen molar-refractivity contribution >= 4 is 12.1 Å². The van der Waals surface area contributed by atoms with Crippen LogP contribution in [0, 0.1) is 6.92 Å². The molecule has 146 valence electrons. The van der Waals surface area contributed by atoms with Gasteiger partial charge in [0.1, 0.15) is 23.5 Å². The lowest BCUT2D eigenvalue weighted by atomic mass is 9.92. The standard InChI is InChI=1S/C20H31NO5/c1-12-11-16(24-8)9-10-17(12)13(2)15(4)25-18(22)14(3)21-19(23)26-20(5,6)7/h9-11,13-15H,1-8H3,(H,21,23)/t13-,14+,15+/m1/s1. The van der Waals surface area contributed by atoms with Gasteiger partial charge in [-0.05, 0) is 64.8 Å². The van der Waals surface area contributed by atoms with Crippen molar-refractivity contribution in [1.82, 2.24) is 5.32 Å². The quantitative estimate of drug-likeness (QED) is 0.773. The van der Waals surface area contributed by atoms with Crippen LogP contribution in [0.5, 0.6) is 5.75 Å². The maximum atomic E-state index is 12.3. The third-order valence-electron chi connectivity index (χ3n) is 4.06. The maximum absolute atomic E-state index is 12.3. The highest BCUT2D eigenvalue weighted by Crippen LogP contribution is 2.27. The van der Waals surface area contributed by atoms with Crippen LogP contribution in [0.2, 0.25) is 0 Å². The van der Waals surface area contributed by atoms with Crippen molar-refractivity contribution in [1.29, 1.82) is 0 Å². The molecule has 1 amide bonds. The molecule has 0 bridgehead atoms. The zero-order valence-corrected chi connectivity index (χ0v) is 17.0. The number of carbonyl (C=O) groups excluding carboxylic acids is 2. The summed E-state index contributed by atoms with van der Waals surface area (Å²) in [6, 6.07) is 5.02. The van der Waals surface area contributed by atoms with E-state index in [4.69, 9.17) is 14.2 Å². The molecule has 0 saturated heterocycles. The minimum Gasteiger partial charge on any atom is -0.497 e. The highest BCUT2D eigenvalue weighted by atomic mass is 16.6. The van der Waals surface area contributed by atoms with Gasteiger partial charge in [-0.3, -0.25) is 0 Å². The molecule has 0 fully saturated rings. The number of hydrogen-bond donors (Lipinski definition) is 1. The monoisotopic (exact) mass is 365 g/mol. The van der Waals surface area contributed by atoms with Gasteiger partial charge in [0.05, 0.1) is 7.11 Å². The Kier molecular flexibility index (Phi) is 7.48. The number of amides is 1. The molecule has 0 heterocycles. The third kappa shape index (κ3) is 6.58. The van der Waals surface area contributed by atoms with Gasteiger partial charge >= 0.3 is 12.1 Å². The second-order valence-electron chi connectivity index (χ2n) is 7.52. The molecule has 0 saturated carbocycles. The van der Waals surface area contributed by atoms with Crippen molar-refractivity contribution in [2.24, 2.45) is 0 Å². The fourth-order valence-corrected chi connectivity index (χ4v) is 2.47. The molecule has 6 heteroatoms. The molecule has 0 radical (unpaired) electrons. The molecule has 1 aromatic rings. The number of methoxy groups -OCH3 is 1. The summed E-state index contributed by atoms with van der Waals surface area (Å²) in [4.78, 5) is 24.0. The summed E-state index contributed by atoms with van der Waals surface area (Å²) in [5.41, 5.74) is 1.53. The number of hydrogen-bond acceptors (Lipinski definition) is 5. The number of rotatable bonds is 6. The van der Waals surface area contributed by atoms with Crippen LogP contribution in [0.1, 0.15) is 58.6 Å². The molecule has 1 rings (SSSR count). The lowest BCUT2D eigenvalue weighted by molar-refractivity contribution is -0.151. The lowest BCUT2D eigenvalue weighted by Crippen LogP contribution is -2.43. The van der Waals surface area contributed by atoms with Gasteiger partial charge in [0.25, 0.3) is 0 Å². The van der Waals surface area contributed by atoms with Gasteiger partial charge in [-0.2, -0.15) is 0 Å². The minimum atomic E-state index is -0.795. The summed E-state index contributed by atoms with van der Waals surface area (Å²) in [7, 11) is 1.63. The topological polar surface area (TPSA) is 73.9 Å². The van der Waals surface area contributed by atoms with E-state index < -0.39 is 23.7 Å². The van der Waals surface area contributed by atoms with Gasteiger partial charge in [0.15, 0.2) is 0 Å². The Balaban J connectivity index is 2.66. The fourth-order valence-electron chi connectivity index (χ4n) is 2.47. The molecule has 0 aliphatic carbocycles. The molecule has 3 atom stereocenters. The zero-order valence-electron chi connectivity index (χ0n) is 17.0. The first kappa shape index (κ1) is 21.8. The largest absolute Gasteiger partial charge is 0.497 e. The second kappa shape index (κ2) is 8.92. The summed E-state index contributed by atoms with van der Waals surface area (Å²) >= 11 is 0. The van der Waals surface area contributed by atoms with Gasteiger partial charge in [0.2, 0.25) is 0 Å². The lowest BCUT2D eigenvalue weighted by Gasteiger charge is -2.25. The molecule has 1 N–H and O–H groups in total. The smallest absolute Gasteiger partial charge is 0.408 e. The molecule has 0 aliphatic heterocycles. The average molecular weight is 365 g/mol. The Hall–Kier alpha value is -2.24. The summed E-state index contributed by atoms with van der Waals surface area (Å²) in [6.45, 7) is 12.7. The molecule has 0 aliphatic rings. The summed E-state index contributed by atoms with van der Waals surface area (Å²) in [6.07, 6.45) is -0.994. The van der Waals surface area contributed by atoms with E-state index in [0.717, 1.165) is 16.9 Å². The molecule has 0 spiro atoms. The Morgan fingerprint density at radius 2 is 1.73 bits per heavy atom. The van der Waals surface area contributed by atoms with Crippen LogP contribution in [0.4, 0.5) is 4.79 Å². The van der Waals surface area contributed by atoms with Crippen molar-refractivity contribution in [2.75, 3.05) is 7.11 Å². The van der Waals surface area contributed by atoms with Crippen molar-refractivity contribution < 1.29 is 23.8 Å². The van der Waals surface area contributed by atoms with E-state index in [2.05, 4.69) is 5.32 Å². The van der Waals surface area contributed by atoms with Crippen LogP contribution < -0.4 is 10.1 Å². The van der Waals surface area contributed by atoms with Gasteiger partial charge in [-0.1, -0.05) is 13.0 Å². The fraction of sp³-hybridized carbons (Fsp3) is 0.600. The van der Waals surface area contributed by atoms with E-state index >= 15 is 0 Å². The van der Waals surface area contributed by atoms with Gasteiger partial charge in [0, 0.05) is 5.92 Å². The first-order valence-electron chi connectivity index (χ1n) is 8.79. The number of ether oxygens (including phenoxy) is 3. The Morgan fingerprint density at radius 3 is 2.23 bits per heavy atom. The van der Waals surface area contributed by atoms with E-state index in [1.807, 2.05) is 39.0 Å². The Bertz CT molecular complexity index is 636. The van der Waals surface area contributed by atoms with Gasteiger partial charge in [-0.25, -0.2) is 9.59 Å². The van der Waals surface area contributed by atoms with Crippen molar-refractivity contribution in [3.8, 4) is 5.75 Å². The number of alkyl carbamates (subject to hydrolysis) is 1. The predicted molar refractivity (Wildman–Crippen MR) is 101 cm³/mol.